The van der Waals surface area contributed by atoms with Gasteiger partial charge in [-0.2, -0.15) is 8.42 Å². The molecule has 18 heavy (non-hydrogen) atoms. The van der Waals surface area contributed by atoms with Crippen LogP contribution in [0.4, 0.5) is 5.69 Å². The maximum Gasteiger partial charge on any atom is 0.285 e. The number of anilines is 1. The summed E-state index contributed by atoms with van der Waals surface area (Å²) in [5.74, 6) is 0. The molecule has 0 amide bonds. The number of hydrogen-bond donors (Lipinski definition) is 1. The van der Waals surface area contributed by atoms with Crippen LogP contribution in [0.15, 0.2) is 33.6 Å². The monoisotopic (exact) mass is 267 g/mol. The predicted octanol–water partition coefficient (Wildman–Crippen LogP) is 1.22. The molecule has 0 unspecified atom stereocenters. The molecule has 0 saturated carbocycles. The van der Waals surface area contributed by atoms with E-state index >= 15 is 0 Å². The minimum atomic E-state index is -3.49. The zero-order valence-corrected chi connectivity index (χ0v) is 11.2. The van der Waals surface area contributed by atoms with E-state index in [4.69, 9.17) is 0 Å². The Balaban J connectivity index is 2.15. The second kappa shape index (κ2) is 5.49. The number of para-hydroxylation sites is 1. The van der Waals surface area contributed by atoms with Crippen LogP contribution < -0.4 is 10.2 Å². The van der Waals surface area contributed by atoms with E-state index < -0.39 is 10.0 Å². The van der Waals surface area contributed by atoms with E-state index in [0.29, 0.717) is 4.90 Å². The van der Waals surface area contributed by atoms with Crippen molar-refractivity contribution in [1.82, 2.24) is 5.32 Å². The molecular formula is C12H17N3O2S. The predicted molar refractivity (Wildman–Crippen MR) is 72.6 cm³/mol. The Bertz CT molecular complexity index is 540. The highest BCUT2D eigenvalue weighted by Gasteiger charge is 2.24. The van der Waals surface area contributed by atoms with Crippen molar-refractivity contribution in [2.75, 3.05) is 25.0 Å². The zero-order valence-electron chi connectivity index (χ0n) is 10.3. The van der Waals surface area contributed by atoms with Gasteiger partial charge in [-0.15, -0.1) is 4.40 Å². The van der Waals surface area contributed by atoms with Gasteiger partial charge < -0.3 is 10.2 Å². The summed E-state index contributed by atoms with van der Waals surface area (Å²) in [6.07, 6.45) is 3.45. The van der Waals surface area contributed by atoms with Crippen LogP contribution in [-0.4, -0.2) is 34.9 Å². The Kier molecular flexibility index (Phi) is 3.98. The van der Waals surface area contributed by atoms with Crippen molar-refractivity contribution in [2.24, 2.45) is 4.40 Å². The number of sulfonamides is 1. The van der Waals surface area contributed by atoms with E-state index in [-0.39, 0.29) is 0 Å². The van der Waals surface area contributed by atoms with E-state index in [1.807, 2.05) is 24.1 Å². The molecule has 1 heterocycles. The fourth-order valence-electron chi connectivity index (χ4n) is 1.91. The van der Waals surface area contributed by atoms with Crippen LogP contribution in [-0.2, 0) is 10.0 Å². The Morgan fingerprint density at radius 2 is 2.06 bits per heavy atom. The third kappa shape index (κ3) is 2.70. The molecule has 0 radical (unpaired) electrons. The Morgan fingerprint density at radius 1 is 1.28 bits per heavy atom. The lowest BCUT2D eigenvalue weighted by Gasteiger charge is -2.24. The van der Waals surface area contributed by atoms with Gasteiger partial charge in [-0.25, -0.2) is 0 Å². The van der Waals surface area contributed by atoms with Crippen molar-refractivity contribution < 1.29 is 8.42 Å². The van der Waals surface area contributed by atoms with Crippen LogP contribution in [0.1, 0.15) is 12.8 Å². The normalized spacial score (nSPS) is 16.6. The highest BCUT2D eigenvalue weighted by atomic mass is 32.2. The molecule has 0 fully saturated rings. The van der Waals surface area contributed by atoms with Crippen LogP contribution in [0.5, 0.6) is 0 Å². The van der Waals surface area contributed by atoms with Gasteiger partial charge >= 0.3 is 0 Å². The molecule has 0 saturated heterocycles. The maximum absolute atomic E-state index is 11.8. The highest BCUT2D eigenvalue weighted by Crippen LogP contribution is 2.29. The number of nitrogens with zero attached hydrogens (tertiary/aromatic N) is 2. The van der Waals surface area contributed by atoms with Crippen LogP contribution in [0.25, 0.3) is 0 Å². The summed E-state index contributed by atoms with van der Waals surface area (Å²) in [5, 5.41) is 3.09. The first-order valence-electron chi connectivity index (χ1n) is 5.96. The molecule has 1 aromatic rings. The molecule has 0 atom stereocenters. The van der Waals surface area contributed by atoms with Gasteiger partial charge in [0, 0.05) is 6.54 Å². The molecule has 1 N–H and O–H groups in total. The molecule has 0 spiro atoms. The molecule has 5 nitrogen and oxygen atoms in total. The van der Waals surface area contributed by atoms with Crippen LogP contribution in [0, 0.1) is 0 Å². The van der Waals surface area contributed by atoms with Gasteiger partial charge in [0.2, 0.25) is 0 Å². The lowest BCUT2D eigenvalue weighted by molar-refractivity contribution is 0.596. The summed E-state index contributed by atoms with van der Waals surface area (Å²) in [5.41, 5.74) is 0.719. The first-order chi connectivity index (χ1) is 8.65. The summed E-state index contributed by atoms with van der Waals surface area (Å²) in [6, 6.07) is 6.97. The molecule has 98 valence electrons. The van der Waals surface area contributed by atoms with E-state index in [1.54, 1.807) is 12.1 Å². The Labute approximate surface area is 108 Å². The number of benzene rings is 1. The van der Waals surface area contributed by atoms with Crippen molar-refractivity contribution in [3.63, 3.8) is 0 Å². The maximum atomic E-state index is 11.8. The Morgan fingerprint density at radius 3 is 2.83 bits per heavy atom. The van der Waals surface area contributed by atoms with E-state index in [1.165, 1.54) is 6.34 Å². The van der Waals surface area contributed by atoms with Crippen molar-refractivity contribution in [3.8, 4) is 0 Å². The molecule has 1 aliphatic heterocycles. The van der Waals surface area contributed by atoms with Crippen LogP contribution >= 0.6 is 0 Å². The number of unbranched alkanes of at least 4 members (excludes halogenated alkanes) is 1. The molecule has 6 heteroatoms. The average Bonchev–Trinajstić information content (AvgIpc) is 2.37. The van der Waals surface area contributed by atoms with Crippen molar-refractivity contribution in [2.45, 2.75) is 17.7 Å². The van der Waals surface area contributed by atoms with Gasteiger partial charge in [0.1, 0.15) is 11.2 Å². The average molecular weight is 267 g/mol. The molecule has 0 bridgehead atoms. The quantitative estimate of drug-likeness (QED) is 0.815. The summed E-state index contributed by atoms with van der Waals surface area (Å²) in [4.78, 5) is 2.19. The van der Waals surface area contributed by atoms with Gasteiger partial charge in [0.25, 0.3) is 10.0 Å². The lowest BCUT2D eigenvalue weighted by Crippen LogP contribution is -2.28. The first kappa shape index (κ1) is 13.0. The van der Waals surface area contributed by atoms with Crippen molar-refractivity contribution in [3.05, 3.63) is 24.3 Å². The fraction of sp³-hybridized carbons (Fsp3) is 0.417. The summed E-state index contributed by atoms with van der Waals surface area (Å²) in [6.45, 7) is 1.74. The molecule has 2 rings (SSSR count). The SMILES string of the molecule is CNCCCCN1C=NS(=O)(=O)c2ccccc21. The third-order valence-electron chi connectivity index (χ3n) is 2.85. The van der Waals surface area contributed by atoms with E-state index in [9.17, 15) is 8.42 Å². The Hall–Kier alpha value is -1.40. The van der Waals surface area contributed by atoms with Crippen LogP contribution in [0.3, 0.4) is 0 Å². The summed E-state index contributed by atoms with van der Waals surface area (Å²) in [7, 11) is -1.57. The largest absolute Gasteiger partial charge is 0.331 e. The topological polar surface area (TPSA) is 61.8 Å². The molecular weight excluding hydrogens is 250 g/mol. The number of rotatable bonds is 5. The fourth-order valence-corrected chi connectivity index (χ4v) is 2.96. The van der Waals surface area contributed by atoms with E-state index in [2.05, 4.69) is 9.71 Å². The number of nitrogens with one attached hydrogen (secondary N) is 1. The van der Waals surface area contributed by atoms with Gasteiger partial charge in [-0.05, 0) is 38.6 Å². The van der Waals surface area contributed by atoms with Gasteiger partial charge in [-0.1, -0.05) is 12.1 Å². The second-order valence-corrected chi connectivity index (χ2v) is 5.77. The van der Waals surface area contributed by atoms with Gasteiger partial charge in [0.05, 0.1) is 5.69 Å². The second-order valence-electron chi connectivity index (χ2n) is 4.17. The summed E-state index contributed by atoms with van der Waals surface area (Å²) >= 11 is 0. The van der Waals surface area contributed by atoms with Crippen molar-refractivity contribution >= 4 is 22.0 Å². The zero-order chi connectivity index (χ0) is 13.0. The molecule has 0 aromatic heterocycles. The number of hydrogen-bond acceptors (Lipinski definition) is 4. The molecule has 0 aliphatic carbocycles. The van der Waals surface area contributed by atoms with Gasteiger partial charge in [0.15, 0.2) is 0 Å². The molecule has 1 aromatic carbocycles. The van der Waals surface area contributed by atoms with Gasteiger partial charge in [-0.3, -0.25) is 0 Å². The van der Waals surface area contributed by atoms with Crippen LogP contribution in [0.2, 0.25) is 0 Å². The summed E-state index contributed by atoms with van der Waals surface area (Å²) < 4.78 is 27.2. The lowest BCUT2D eigenvalue weighted by atomic mass is 10.2. The minimum Gasteiger partial charge on any atom is -0.331 e. The highest BCUT2D eigenvalue weighted by molar-refractivity contribution is 7.90. The van der Waals surface area contributed by atoms with Crippen molar-refractivity contribution in [1.29, 1.82) is 0 Å². The van der Waals surface area contributed by atoms with E-state index in [0.717, 1.165) is 31.6 Å². The smallest absolute Gasteiger partial charge is 0.285 e. The number of fused-ring (bicyclic) bond motifs is 1. The third-order valence-corrected chi connectivity index (χ3v) is 4.13. The minimum absolute atomic E-state index is 0.293. The first-order valence-corrected chi connectivity index (χ1v) is 7.40. The molecule has 1 aliphatic rings. The standard InChI is InChI=1S/C12H17N3O2S/c1-13-8-4-5-9-15-10-14-18(16,17)12-7-3-2-6-11(12)15/h2-3,6-7,10,13H,4-5,8-9H2,1H3.